The molecule has 0 unspecified atom stereocenters. The predicted molar refractivity (Wildman–Crippen MR) is 116 cm³/mol. The third kappa shape index (κ3) is 3.02. The molecule has 0 aromatic heterocycles. The highest BCUT2D eigenvalue weighted by molar-refractivity contribution is 6.30. The zero-order chi connectivity index (χ0) is 22.4. The molecule has 3 aromatic rings. The summed E-state index contributed by atoms with van der Waals surface area (Å²) in [4.78, 5) is 64.1. The third-order valence-electron chi connectivity index (χ3n) is 5.62. The number of rotatable bonds is 3. The number of hydrogen-bond acceptors (Lipinski definition) is 5. The zero-order valence-corrected chi connectivity index (χ0v) is 16.8. The van der Waals surface area contributed by atoms with E-state index in [0.717, 1.165) is 4.90 Å². The normalized spacial score (nSPS) is 14.9. The highest BCUT2D eigenvalue weighted by Gasteiger charge is 2.32. The van der Waals surface area contributed by atoms with Crippen molar-refractivity contribution in [1.29, 1.82) is 0 Å². The quantitative estimate of drug-likeness (QED) is 0.508. The van der Waals surface area contributed by atoms with Gasteiger partial charge in [0.1, 0.15) is 0 Å². The van der Waals surface area contributed by atoms with Gasteiger partial charge in [0.2, 0.25) is 11.8 Å². The first-order valence-electron chi connectivity index (χ1n) is 10.0. The number of nitrogens with zero attached hydrogens (tertiary/aromatic N) is 1. The van der Waals surface area contributed by atoms with E-state index in [9.17, 15) is 24.0 Å². The molecule has 0 bridgehead atoms. The first-order chi connectivity index (χ1) is 15.5. The molecular formula is C25H16N2O5. The fourth-order valence-corrected chi connectivity index (χ4v) is 4.09. The molecule has 32 heavy (non-hydrogen) atoms. The van der Waals surface area contributed by atoms with Crippen molar-refractivity contribution in [3.8, 4) is 0 Å². The molecule has 156 valence electrons. The molecule has 1 saturated heterocycles. The van der Waals surface area contributed by atoms with Gasteiger partial charge in [0.25, 0.3) is 5.91 Å². The molecule has 0 spiro atoms. The Bertz CT molecular complexity index is 1340. The number of fused-ring (bicyclic) bond motifs is 2. The fraction of sp³-hybridized carbons (Fsp3) is 0.0800. The minimum atomic E-state index is -0.529. The molecule has 1 N–H and O–H groups in total. The van der Waals surface area contributed by atoms with Crippen LogP contribution in [0.25, 0.3) is 0 Å². The van der Waals surface area contributed by atoms with E-state index in [2.05, 4.69) is 5.32 Å². The summed E-state index contributed by atoms with van der Waals surface area (Å²) in [5.41, 5.74) is 1.75. The number of carbonyl (C=O) groups excluding carboxylic acids is 5. The van der Waals surface area contributed by atoms with Crippen molar-refractivity contribution >= 4 is 40.7 Å². The second kappa shape index (κ2) is 7.39. The van der Waals surface area contributed by atoms with Crippen molar-refractivity contribution in [3.63, 3.8) is 0 Å². The average Bonchev–Trinajstić information content (AvgIpc) is 3.15. The maximum atomic E-state index is 13.1. The van der Waals surface area contributed by atoms with Crippen LogP contribution in [0.2, 0.25) is 0 Å². The highest BCUT2D eigenvalue weighted by atomic mass is 16.2. The summed E-state index contributed by atoms with van der Waals surface area (Å²) in [6.07, 6.45) is 0.284. The Kier molecular flexibility index (Phi) is 4.52. The number of ketones is 2. The van der Waals surface area contributed by atoms with E-state index in [4.69, 9.17) is 0 Å². The van der Waals surface area contributed by atoms with Crippen molar-refractivity contribution in [1.82, 2.24) is 0 Å². The van der Waals surface area contributed by atoms with Crippen LogP contribution in [0.5, 0.6) is 0 Å². The second-order valence-corrected chi connectivity index (χ2v) is 7.56. The van der Waals surface area contributed by atoms with Gasteiger partial charge in [-0.15, -0.1) is 0 Å². The molecule has 1 heterocycles. The van der Waals surface area contributed by atoms with Crippen LogP contribution in [0.1, 0.15) is 55.0 Å². The summed E-state index contributed by atoms with van der Waals surface area (Å²) >= 11 is 0. The second-order valence-electron chi connectivity index (χ2n) is 7.56. The minimum Gasteiger partial charge on any atom is -0.321 e. The Hall–Kier alpha value is -4.39. The molecule has 0 saturated carbocycles. The van der Waals surface area contributed by atoms with Crippen molar-refractivity contribution in [2.45, 2.75) is 12.8 Å². The van der Waals surface area contributed by atoms with E-state index in [1.807, 2.05) is 0 Å². The van der Waals surface area contributed by atoms with E-state index < -0.39 is 5.91 Å². The Morgan fingerprint density at radius 2 is 1.34 bits per heavy atom. The summed E-state index contributed by atoms with van der Waals surface area (Å²) < 4.78 is 0. The Morgan fingerprint density at radius 3 is 2.06 bits per heavy atom. The Balaban J connectivity index is 1.49. The predicted octanol–water partition coefficient (Wildman–Crippen LogP) is 3.37. The van der Waals surface area contributed by atoms with Gasteiger partial charge < -0.3 is 5.32 Å². The van der Waals surface area contributed by atoms with Gasteiger partial charge in [0.05, 0.1) is 16.9 Å². The average molecular weight is 424 g/mol. The molecule has 0 atom stereocenters. The molecule has 3 aromatic carbocycles. The molecule has 3 amide bonds. The van der Waals surface area contributed by atoms with Crippen molar-refractivity contribution < 1.29 is 24.0 Å². The van der Waals surface area contributed by atoms with Gasteiger partial charge in [-0.3, -0.25) is 28.9 Å². The van der Waals surface area contributed by atoms with E-state index in [1.165, 1.54) is 6.07 Å². The van der Waals surface area contributed by atoms with Crippen LogP contribution in [-0.4, -0.2) is 29.3 Å². The number of carbonyl (C=O) groups is 5. The topological polar surface area (TPSA) is 101 Å². The van der Waals surface area contributed by atoms with Gasteiger partial charge in [0.15, 0.2) is 11.6 Å². The van der Waals surface area contributed by atoms with Crippen LogP contribution in [0, 0.1) is 0 Å². The smallest absolute Gasteiger partial charge is 0.255 e. The monoisotopic (exact) mass is 424 g/mol. The van der Waals surface area contributed by atoms with E-state index >= 15 is 0 Å². The van der Waals surface area contributed by atoms with E-state index in [-0.39, 0.29) is 58.6 Å². The molecular weight excluding hydrogens is 408 g/mol. The van der Waals surface area contributed by atoms with Gasteiger partial charge in [-0.05, 0) is 24.3 Å². The van der Waals surface area contributed by atoms with Crippen molar-refractivity contribution in [3.05, 3.63) is 94.5 Å². The van der Waals surface area contributed by atoms with Crippen molar-refractivity contribution in [2.24, 2.45) is 0 Å². The number of anilines is 2. The zero-order valence-electron chi connectivity index (χ0n) is 16.8. The number of amides is 3. The van der Waals surface area contributed by atoms with Crippen LogP contribution in [0.3, 0.4) is 0 Å². The number of hydrogen-bond donors (Lipinski definition) is 1. The summed E-state index contributed by atoms with van der Waals surface area (Å²) in [5.74, 6) is -1.77. The largest absolute Gasteiger partial charge is 0.321 e. The van der Waals surface area contributed by atoms with Gasteiger partial charge in [-0.25, -0.2) is 0 Å². The van der Waals surface area contributed by atoms with Gasteiger partial charge in [-0.2, -0.15) is 0 Å². The first kappa shape index (κ1) is 19.6. The fourth-order valence-electron chi connectivity index (χ4n) is 4.09. The third-order valence-corrected chi connectivity index (χ3v) is 5.62. The summed E-state index contributed by atoms with van der Waals surface area (Å²) in [6, 6.07) is 17.5. The molecule has 0 radical (unpaired) electrons. The van der Waals surface area contributed by atoms with Crippen molar-refractivity contribution in [2.75, 3.05) is 10.2 Å². The molecule has 1 aliphatic carbocycles. The molecule has 1 aliphatic heterocycles. The van der Waals surface area contributed by atoms with Crippen LogP contribution in [-0.2, 0) is 9.59 Å². The van der Waals surface area contributed by atoms with E-state index in [0.29, 0.717) is 16.8 Å². The first-order valence-corrected chi connectivity index (χ1v) is 10.0. The maximum absolute atomic E-state index is 13.1. The molecule has 5 rings (SSSR count). The Morgan fingerprint density at radius 1 is 0.719 bits per heavy atom. The van der Waals surface area contributed by atoms with Crippen LogP contribution < -0.4 is 10.2 Å². The molecule has 1 fully saturated rings. The van der Waals surface area contributed by atoms with Crippen LogP contribution in [0.15, 0.2) is 66.7 Å². The lowest BCUT2D eigenvalue weighted by molar-refractivity contribution is -0.121. The lowest BCUT2D eigenvalue weighted by Crippen LogP contribution is -2.29. The molecule has 7 heteroatoms. The van der Waals surface area contributed by atoms with Gasteiger partial charge >= 0.3 is 0 Å². The Labute approximate surface area is 182 Å². The molecule has 7 nitrogen and oxygen atoms in total. The lowest BCUT2D eigenvalue weighted by Gasteiger charge is -2.20. The molecule has 2 aliphatic rings. The summed E-state index contributed by atoms with van der Waals surface area (Å²) in [6.45, 7) is 0. The van der Waals surface area contributed by atoms with Gasteiger partial charge in [-0.1, -0.05) is 42.5 Å². The standard InChI is InChI=1S/C25H16N2O5/c28-20-11-12-21(29)27(20)15-6-3-5-14(13-15)25(32)26-19-10-4-9-18-22(19)24(31)17-8-2-1-7-16(17)23(18)30/h1-10,13H,11-12H2,(H,26,32). The number of imide groups is 1. The number of nitrogens with one attached hydrogen (secondary N) is 1. The van der Waals surface area contributed by atoms with Crippen LogP contribution >= 0.6 is 0 Å². The maximum Gasteiger partial charge on any atom is 0.255 e. The lowest BCUT2D eigenvalue weighted by atomic mass is 9.83. The van der Waals surface area contributed by atoms with E-state index in [1.54, 1.807) is 60.7 Å². The minimum absolute atomic E-state index is 0.142. The summed E-state index contributed by atoms with van der Waals surface area (Å²) in [5, 5.41) is 2.71. The SMILES string of the molecule is O=C(Nc1cccc2c1C(=O)c1ccccc1C2=O)c1cccc(N2C(=O)CCC2=O)c1. The highest BCUT2D eigenvalue weighted by Crippen LogP contribution is 2.32. The van der Waals surface area contributed by atoms with Crippen LogP contribution in [0.4, 0.5) is 11.4 Å². The van der Waals surface area contributed by atoms with Gasteiger partial charge in [0, 0.05) is 35.1 Å². The summed E-state index contributed by atoms with van der Waals surface area (Å²) in [7, 11) is 0. The number of benzene rings is 3.